The van der Waals surface area contributed by atoms with E-state index in [0.29, 0.717) is 5.71 Å². The van der Waals surface area contributed by atoms with Gasteiger partial charge in [0.1, 0.15) is 0 Å². The molecule has 116 valence electrons. The van der Waals surface area contributed by atoms with E-state index in [0.717, 1.165) is 5.56 Å². The lowest BCUT2D eigenvalue weighted by Gasteiger charge is -1.98. The van der Waals surface area contributed by atoms with E-state index in [1.54, 1.807) is 13.0 Å². The summed E-state index contributed by atoms with van der Waals surface area (Å²) in [5.74, 6) is -0.674. The van der Waals surface area contributed by atoms with Gasteiger partial charge in [0.2, 0.25) is 0 Å². The van der Waals surface area contributed by atoms with Crippen LogP contribution in [0.5, 0.6) is 0 Å². The minimum Gasteiger partial charge on any atom is -0.313 e. The third kappa shape index (κ3) is 4.89. The zero-order valence-electron chi connectivity index (χ0n) is 12.4. The Morgan fingerprint density at radius 2 is 1.78 bits per heavy atom. The number of nitro groups is 1. The van der Waals surface area contributed by atoms with Crippen LogP contribution >= 0.6 is 0 Å². The molecule has 0 atom stereocenters. The monoisotopic (exact) mass is 310 g/mol. The van der Waals surface area contributed by atoms with Crippen molar-refractivity contribution in [2.24, 2.45) is 5.16 Å². The Kier molecular flexibility index (Phi) is 5.35. The van der Waals surface area contributed by atoms with E-state index in [-0.39, 0.29) is 11.3 Å². The van der Waals surface area contributed by atoms with Crippen LogP contribution in [0.1, 0.15) is 22.8 Å². The van der Waals surface area contributed by atoms with Crippen LogP contribution in [0.3, 0.4) is 0 Å². The van der Waals surface area contributed by atoms with E-state index in [4.69, 9.17) is 4.84 Å². The Morgan fingerprint density at radius 3 is 2.39 bits per heavy atom. The van der Waals surface area contributed by atoms with Gasteiger partial charge in [0.05, 0.1) is 16.2 Å². The summed E-state index contributed by atoms with van der Waals surface area (Å²) >= 11 is 0. The summed E-state index contributed by atoms with van der Waals surface area (Å²) in [4.78, 5) is 26.6. The number of nitrogens with zero attached hydrogens (tertiary/aromatic N) is 2. The summed E-state index contributed by atoms with van der Waals surface area (Å²) in [5, 5.41) is 14.3. The van der Waals surface area contributed by atoms with Gasteiger partial charge in [-0.25, -0.2) is 4.79 Å². The second-order valence-electron chi connectivity index (χ2n) is 4.66. The SMILES string of the molecule is CC(/C=C\c1ccccc1)=NOC(=O)c1ccc([N+](=O)[O-])cc1. The number of nitro benzene ring substituents is 1. The molecular weight excluding hydrogens is 296 g/mol. The Hall–Kier alpha value is -3.28. The molecular formula is C17H14N2O4. The quantitative estimate of drug-likeness (QED) is 0.363. The highest BCUT2D eigenvalue weighted by Gasteiger charge is 2.10. The molecule has 0 N–H and O–H groups in total. The van der Waals surface area contributed by atoms with Crippen molar-refractivity contribution in [2.45, 2.75) is 6.92 Å². The summed E-state index contributed by atoms with van der Waals surface area (Å²) in [6.07, 6.45) is 3.57. The summed E-state index contributed by atoms with van der Waals surface area (Å²) in [7, 11) is 0. The molecule has 0 amide bonds. The van der Waals surface area contributed by atoms with Gasteiger partial charge in [0.15, 0.2) is 0 Å². The first kappa shape index (κ1) is 16.1. The number of rotatable bonds is 5. The van der Waals surface area contributed by atoms with Gasteiger partial charge in [-0.15, -0.1) is 0 Å². The predicted molar refractivity (Wildman–Crippen MR) is 87.1 cm³/mol. The molecule has 2 aromatic carbocycles. The van der Waals surface area contributed by atoms with E-state index in [9.17, 15) is 14.9 Å². The minimum absolute atomic E-state index is 0.0907. The number of allylic oxidation sites excluding steroid dienone is 1. The lowest BCUT2D eigenvalue weighted by Crippen LogP contribution is -2.02. The van der Waals surface area contributed by atoms with Gasteiger partial charge in [-0.1, -0.05) is 41.6 Å². The number of hydrogen-bond acceptors (Lipinski definition) is 5. The molecule has 0 spiro atoms. The van der Waals surface area contributed by atoms with Gasteiger partial charge < -0.3 is 4.84 Å². The highest BCUT2D eigenvalue weighted by molar-refractivity contribution is 5.97. The van der Waals surface area contributed by atoms with Crippen LogP contribution in [-0.4, -0.2) is 16.6 Å². The van der Waals surface area contributed by atoms with Gasteiger partial charge in [0.25, 0.3) is 5.69 Å². The molecule has 0 aromatic heterocycles. The molecule has 0 unspecified atom stereocenters. The van der Waals surface area contributed by atoms with Crippen LogP contribution in [0.15, 0.2) is 65.8 Å². The third-order valence-corrected chi connectivity index (χ3v) is 2.90. The number of oxime groups is 1. The van der Waals surface area contributed by atoms with Crippen molar-refractivity contribution in [2.75, 3.05) is 0 Å². The molecule has 6 nitrogen and oxygen atoms in total. The van der Waals surface area contributed by atoms with E-state index in [1.165, 1.54) is 24.3 Å². The third-order valence-electron chi connectivity index (χ3n) is 2.90. The van der Waals surface area contributed by atoms with Crippen molar-refractivity contribution < 1.29 is 14.6 Å². The first-order valence-corrected chi connectivity index (χ1v) is 6.80. The summed E-state index contributed by atoms with van der Waals surface area (Å²) < 4.78 is 0. The number of carbonyl (C=O) groups excluding carboxylic acids is 1. The first-order valence-electron chi connectivity index (χ1n) is 6.80. The molecule has 6 heteroatoms. The molecule has 0 aliphatic carbocycles. The van der Waals surface area contributed by atoms with E-state index in [1.807, 2.05) is 36.4 Å². The summed E-state index contributed by atoms with van der Waals surface area (Å²) in [6, 6.07) is 14.8. The van der Waals surface area contributed by atoms with Crippen molar-refractivity contribution in [1.29, 1.82) is 0 Å². The molecule has 0 bridgehead atoms. The molecule has 2 rings (SSSR count). The van der Waals surface area contributed by atoms with Crippen molar-refractivity contribution in [3.63, 3.8) is 0 Å². The second-order valence-corrected chi connectivity index (χ2v) is 4.66. The first-order chi connectivity index (χ1) is 11.1. The maximum Gasteiger partial charge on any atom is 0.365 e. The molecule has 0 saturated heterocycles. The van der Waals surface area contributed by atoms with Crippen molar-refractivity contribution in [3.8, 4) is 0 Å². The van der Waals surface area contributed by atoms with Gasteiger partial charge in [-0.3, -0.25) is 10.1 Å². The van der Waals surface area contributed by atoms with Crippen LogP contribution in [0.2, 0.25) is 0 Å². The molecule has 0 saturated carbocycles. The molecule has 0 fully saturated rings. The Bertz CT molecular complexity index is 750. The number of carbonyl (C=O) groups is 1. The molecule has 2 aromatic rings. The van der Waals surface area contributed by atoms with Gasteiger partial charge >= 0.3 is 5.97 Å². The molecule has 0 aliphatic rings. The fraction of sp³-hybridized carbons (Fsp3) is 0.0588. The minimum atomic E-state index is -0.674. The van der Waals surface area contributed by atoms with Crippen molar-refractivity contribution >= 4 is 23.4 Å². The van der Waals surface area contributed by atoms with Crippen LogP contribution in [0, 0.1) is 10.1 Å². The van der Waals surface area contributed by atoms with E-state index < -0.39 is 10.9 Å². The zero-order chi connectivity index (χ0) is 16.7. The lowest BCUT2D eigenvalue weighted by molar-refractivity contribution is -0.384. The Morgan fingerprint density at radius 1 is 1.13 bits per heavy atom. The molecule has 0 radical (unpaired) electrons. The standard InChI is InChI=1S/C17H14N2O4/c1-13(7-8-14-5-3-2-4-6-14)18-23-17(20)15-9-11-16(12-10-15)19(21)22/h2-12H,1H3/b8-7-,18-13?. The number of non-ortho nitro benzene ring substituents is 1. The fourth-order valence-electron chi connectivity index (χ4n) is 1.70. The largest absolute Gasteiger partial charge is 0.365 e. The molecule has 0 heterocycles. The van der Waals surface area contributed by atoms with Crippen LogP contribution in [0.25, 0.3) is 6.08 Å². The van der Waals surface area contributed by atoms with Gasteiger partial charge in [-0.2, -0.15) is 0 Å². The maximum absolute atomic E-state index is 11.8. The van der Waals surface area contributed by atoms with Crippen molar-refractivity contribution in [3.05, 3.63) is 81.9 Å². The predicted octanol–water partition coefficient (Wildman–Crippen LogP) is 3.84. The van der Waals surface area contributed by atoms with Crippen molar-refractivity contribution in [1.82, 2.24) is 0 Å². The zero-order valence-corrected chi connectivity index (χ0v) is 12.4. The highest BCUT2D eigenvalue weighted by Crippen LogP contribution is 2.12. The van der Waals surface area contributed by atoms with E-state index >= 15 is 0 Å². The topological polar surface area (TPSA) is 81.8 Å². The smallest absolute Gasteiger partial charge is 0.313 e. The number of hydrogen-bond donors (Lipinski definition) is 0. The van der Waals surface area contributed by atoms with Crippen LogP contribution in [0.4, 0.5) is 5.69 Å². The summed E-state index contributed by atoms with van der Waals surface area (Å²) in [5.41, 5.74) is 1.62. The average molecular weight is 310 g/mol. The fourth-order valence-corrected chi connectivity index (χ4v) is 1.70. The average Bonchev–Trinajstić information content (AvgIpc) is 2.58. The van der Waals surface area contributed by atoms with Gasteiger partial charge in [-0.05, 0) is 30.7 Å². The van der Waals surface area contributed by atoms with Crippen LogP contribution in [-0.2, 0) is 4.84 Å². The second kappa shape index (κ2) is 7.65. The molecule has 0 aliphatic heterocycles. The maximum atomic E-state index is 11.8. The van der Waals surface area contributed by atoms with Gasteiger partial charge in [0, 0.05) is 12.1 Å². The Labute approximate surface area is 132 Å². The van der Waals surface area contributed by atoms with Crippen LogP contribution < -0.4 is 0 Å². The van der Waals surface area contributed by atoms with E-state index in [2.05, 4.69) is 5.16 Å². The highest BCUT2D eigenvalue weighted by atomic mass is 16.7. The molecule has 23 heavy (non-hydrogen) atoms. The lowest BCUT2D eigenvalue weighted by atomic mass is 10.2. The number of benzene rings is 2. The summed E-state index contributed by atoms with van der Waals surface area (Å²) in [6.45, 7) is 1.70. The normalized spacial score (nSPS) is 11.4. The Balaban J connectivity index is 1.97.